The van der Waals surface area contributed by atoms with E-state index in [2.05, 4.69) is 0 Å². The van der Waals surface area contributed by atoms with E-state index in [4.69, 9.17) is 5.73 Å². The van der Waals surface area contributed by atoms with Gasteiger partial charge < -0.3 is 5.73 Å². The third-order valence-electron chi connectivity index (χ3n) is 4.48. The van der Waals surface area contributed by atoms with Crippen LogP contribution in [0, 0.1) is 0 Å². The molecule has 2 nitrogen and oxygen atoms in total. The Hall–Kier alpha value is -3.08. The second-order valence-corrected chi connectivity index (χ2v) is 6.28. The van der Waals surface area contributed by atoms with Crippen LogP contribution in [-0.2, 0) is 17.4 Å². The molecule has 1 atom stereocenters. The molecule has 2 N–H and O–H groups in total. The normalized spacial score (nSPS) is 12.6. The van der Waals surface area contributed by atoms with Gasteiger partial charge in [-0.3, -0.25) is 4.79 Å². The highest BCUT2D eigenvalue weighted by Crippen LogP contribution is 2.40. The molecular formula is C22H18F3NO. The molecule has 0 aliphatic carbocycles. The third-order valence-corrected chi connectivity index (χ3v) is 4.48. The molecule has 0 saturated heterocycles. The zero-order valence-electron chi connectivity index (χ0n) is 14.4. The van der Waals surface area contributed by atoms with Crippen LogP contribution < -0.4 is 5.73 Å². The topological polar surface area (TPSA) is 43.1 Å². The molecule has 0 spiro atoms. The average Bonchev–Trinajstić information content (AvgIpc) is 2.66. The first kappa shape index (κ1) is 18.7. The molecule has 0 heterocycles. The molecule has 0 aromatic heterocycles. The summed E-state index contributed by atoms with van der Waals surface area (Å²) in [6, 6.07) is 21.3. The summed E-state index contributed by atoms with van der Waals surface area (Å²) < 4.78 is 40.4. The summed E-state index contributed by atoms with van der Waals surface area (Å²) in [7, 11) is 0. The fraction of sp³-hybridized carbons (Fsp3) is 0.136. The molecule has 0 saturated carbocycles. The van der Waals surface area contributed by atoms with Crippen LogP contribution >= 0.6 is 0 Å². The first-order valence-corrected chi connectivity index (χ1v) is 8.46. The van der Waals surface area contributed by atoms with E-state index >= 15 is 0 Å². The maximum atomic E-state index is 13.5. The van der Waals surface area contributed by atoms with Crippen LogP contribution in [0.2, 0.25) is 0 Å². The molecule has 0 radical (unpaired) electrons. The minimum absolute atomic E-state index is 0.0416. The fourth-order valence-corrected chi connectivity index (χ4v) is 3.22. The van der Waals surface area contributed by atoms with Crippen LogP contribution in [0.3, 0.4) is 0 Å². The number of halogens is 3. The lowest BCUT2D eigenvalue weighted by Crippen LogP contribution is -2.24. The van der Waals surface area contributed by atoms with Crippen molar-refractivity contribution in [3.05, 3.63) is 95.6 Å². The van der Waals surface area contributed by atoms with Gasteiger partial charge in [0.05, 0.1) is 11.5 Å². The molecule has 3 rings (SSSR count). The van der Waals surface area contributed by atoms with E-state index < -0.39 is 23.6 Å². The highest BCUT2D eigenvalue weighted by molar-refractivity contribution is 5.86. The van der Waals surface area contributed by atoms with Gasteiger partial charge in [-0.2, -0.15) is 13.2 Å². The average molecular weight is 369 g/mol. The monoisotopic (exact) mass is 369 g/mol. The lowest BCUT2D eigenvalue weighted by atomic mass is 9.85. The molecular weight excluding hydrogens is 351 g/mol. The van der Waals surface area contributed by atoms with Crippen molar-refractivity contribution < 1.29 is 18.0 Å². The summed E-state index contributed by atoms with van der Waals surface area (Å²) in [6.45, 7) is 0. The Kier molecular flexibility index (Phi) is 5.31. The quantitative estimate of drug-likeness (QED) is 0.661. The molecule has 0 fully saturated rings. The Morgan fingerprint density at radius 2 is 1.37 bits per heavy atom. The van der Waals surface area contributed by atoms with Gasteiger partial charge in [-0.15, -0.1) is 0 Å². The Labute approximate surface area is 155 Å². The van der Waals surface area contributed by atoms with Crippen molar-refractivity contribution in [3.63, 3.8) is 0 Å². The van der Waals surface area contributed by atoms with Crippen molar-refractivity contribution in [2.45, 2.75) is 18.5 Å². The number of benzene rings is 3. The van der Waals surface area contributed by atoms with Gasteiger partial charge >= 0.3 is 6.18 Å². The number of carbonyl (C=O) groups is 1. The second-order valence-electron chi connectivity index (χ2n) is 6.28. The maximum Gasteiger partial charge on any atom is 0.417 e. The minimum atomic E-state index is -4.49. The molecule has 1 amide bonds. The van der Waals surface area contributed by atoms with E-state index in [9.17, 15) is 18.0 Å². The van der Waals surface area contributed by atoms with E-state index in [0.29, 0.717) is 17.5 Å². The van der Waals surface area contributed by atoms with Crippen molar-refractivity contribution in [2.24, 2.45) is 5.73 Å². The van der Waals surface area contributed by atoms with E-state index in [1.165, 1.54) is 12.1 Å². The van der Waals surface area contributed by atoms with Crippen LogP contribution in [0.5, 0.6) is 0 Å². The summed E-state index contributed by atoms with van der Waals surface area (Å²) in [6.07, 6.45) is -4.17. The summed E-state index contributed by atoms with van der Waals surface area (Å²) in [5.41, 5.74) is 6.68. The standard InChI is InChI=1S/C22H18F3NO/c23-22(24,25)20-13-7-6-12-18(20)16-10-4-5-11-17(16)19(21(26)27)14-15-8-2-1-3-9-15/h1-13,19H,14H2,(H2,26,27). The van der Waals surface area contributed by atoms with Crippen molar-refractivity contribution in [2.75, 3.05) is 0 Å². The van der Waals surface area contributed by atoms with Crippen LogP contribution in [-0.4, -0.2) is 5.91 Å². The van der Waals surface area contributed by atoms with Gasteiger partial charge in [0.1, 0.15) is 0 Å². The fourth-order valence-electron chi connectivity index (χ4n) is 3.22. The molecule has 27 heavy (non-hydrogen) atoms. The predicted octanol–water partition coefficient (Wildman–Crippen LogP) is 5.18. The van der Waals surface area contributed by atoms with E-state index in [1.807, 2.05) is 30.3 Å². The van der Waals surface area contributed by atoms with Gasteiger partial charge in [0.25, 0.3) is 0 Å². The molecule has 0 aliphatic rings. The van der Waals surface area contributed by atoms with Crippen molar-refractivity contribution in [1.29, 1.82) is 0 Å². The minimum Gasteiger partial charge on any atom is -0.369 e. The zero-order chi connectivity index (χ0) is 19.4. The number of hydrogen-bond acceptors (Lipinski definition) is 1. The highest BCUT2D eigenvalue weighted by Gasteiger charge is 2.34. The number of nitrogens with two attached hydrogens (primary N) is 1. The largest absolute Gasteiger partial charge is 0.417 e. The summed E-state index contributed by atoms with van der Waals surface area (Å²) in [5, 5.41) is 0. The highest BCUT2D eigenvalue weighted by atomic mass is 19.4. The third kappa shape index (κ3) is 4.19. The zero-order valence-corrected chi connectivity index (χ0v) is 14.4. The van der Waals surface area contributed by atoms with Crippen molar-refractivity contribution in [1.82, 2.24) is 0 Å². The molecule has 0 bridgehead atoms. The van der Waals surface area contributed by atoms with Crippen LogP contribution in [0.1, 0.15) is 22.6 Å². The lowest BCUT2D eigenvalue weighted by molar-refractivity contribution is -0.137. The molecule has 3 aromatic rings. The molecule has 1 unspecified atom stereocenters. The molecule has 138 valence electrons. The molecule has 0 aliphatic heterocycles. The summed E-state index contributed by atoms with van der Waals surface area (Å²) in [4.78, 5) is 12.2. The number of carbonyl (C=O) groups excluding carboxylic acids is 1. The maximum absolute atomic E-state index is 13.5. The molecule has 3 aromatic carbocycles. The Balaban J connectivity index is 2.12. The smallest absolute Gasteiger partial charge is 0.369 e. The predicted molar refractivity (Wildman–Crippen MR) is 99.0 cm³/mol. The Morgan fingerprint density at radius 3 is 2.00 bits per heavy atom. The van der Waals surface area contributed by atoms with Gasteiger partial charge in [0, 0.05) is 0 Å². The van der Waals surface area contributed by atoms with Gasteiger partial charge in [0.15, 0.2) is 0 Å². The Bertz CT molecular complexity index is 936. The summed E-state index contributed by atoms with van der Waals surface area (Å²) in [5.74, 6) is -1.30. The first-order chi connectivity index (χ1) is 12.9. The number of primary amides is 1. The van der Waals surface area contributed by atoms with E-state index in [1.54, 1.807) is 30.3 Å². The SMILES string of the molecule is NC(=O)C(Cc1ccccc1)c1ccccc1-c1ccccc1C(F)(F)F. The number of hydrogen-bond donors (Lipinski definition) is 1. The number of alkyl halides is 3. The Morgan fingerprint density at radius 1 is 0.815 bits per heavy atom. The number of rotatable bonds is 5. The van der Waals surface area contributed by atoms with Gasteiger partial charge in [-0.05, 0) is 34.7 Å². The van der Waals surface area contributed by atoms with Crippen molar-refractivity contribution in [3.8, 4) is 11.1 Å². The van der Waals surface area contributed by atoms with Gasteiger partial charge in [-0.1, -0.05) is 72.8 Å². The van der Waals surface area contributed by atoms with Crippen LogP contribution in [0.25, 0.3) is 11.1 Å². The van der Waals surface area contributed by atoms with E-state index in [0.717, 1.165) is 11.6 Å². The summed E-state index contributed by atoms with van der Waals surface area (Å²) >= 11 is 0. The van der Waals surface area contributed by atoms with E-state index in [-0.39, 0.29) is 5.56 Å². The molecule has 5 heteroatoms. The van der Waals surface area contributed by atoms with Crippen molar-refractivity contribution >= 4 is 5.91 Å². The van der Waals surface area contributed by atoms with Gasteiger partial charge in [0.2, 0.25) is 5.91 Å². The number of amides is 1. The van der Waals surface area contributed by atoms with Crippen LogP contribution in [0.15, 0.2) is 78.9 Å². The van der Waals surface area contributed by atoms with Gasteiger partial charge in [-0.25, -0.2) is 0 Å². The van der Waals surface area contributed by atoms with Crippen LogP contribution in [0.4, 0.5) is 13.2 Å². The first-order valence-electron chi connectivity index (χ1n) is 8.46. The lowest BCUT2D eigenvalue weighted by Gasteiger charge is -2.20. The second kappa shape index (κ2) is 7.66.